The molecule has 3 nitrogen and oxygen atoms in total. The van der Waals surface area contributed by atoms with Gasteiger partial charge in [0.2, 0.25) is 0 Å². The highest BCUT2D eigenvalue weighted by Gasteiger charge is 2.23. The van der Waals surface area contributed by atoms with Crippen LogP contribution >= 0.6 is 12.4 Å². The van der Waals surface area contributed by atoms with E-state index in [1.165, 1.54) is 24.0 Å². The minimum atomic E-state index is -0.554. The normalized spacial score (nSPS) is 25.9. The van der Waals surface area contributed by atoms with Crippen LogP contribution in [0.3, 0.4) is 0 Å². The summed E-state index contributed by atoms with van der Waals surface area (Å²) < 4.78 is 0. The molecule has 4 N–H and O–H groups in total. The molecule has 1 saturated carbocycles. The Morgan fingerprint density at radius 3 is 2.86 bits per heavy atom. The van der Waals surface area contributed by atoms with Crippen LogP contribution in [-0.2, 0) is 0 Å². The lowest BCUT2D eigenvalue weighted by molar-refractivity contribution is 0.183. The third-order valence-electron chi connectivity index (χ3n) is 2.86. The standard InChI is InChI=1S/C10H16N2O.ClH/c11-5-9-8-4-2-1-3-7(8)6-12-10(9)13;/h6,10,12-13H,1-5,11H2;1H. The number of fused-ring (bicyclic) bond motifs is 1. The topological polar surface area (TPSA) is 58.3 Å². The highest BCUT2D eigenvalue weighted by Crippen LogP contribution is 2.33. The monoisotopic (exact) mass is 216 g/mol. The zero-order valence-electron chi connectivity index (χ0n) is 8.12. The first kappa shape index (κ1) is 11.6. The van der Waals surface area contributed by atoms with Crippen LogP contribution < -0.4 is 11.1 Å². The van der Waals surface area contributed by atoms with Crippen LogP contribution in [0.2, 0.25) is 0 Å². The number of dihydropyridines is 1. The second-order valence-electron chi connectivity index (χ2n) is 3.65. The van der Waals surface area contributed by atoms with Gasteiger partial charge in [-0.15, -0.1) is 12.4 Å². The number of allylic oxidation sites excluding steroid dienone is 2. The van der Waals surface area contributed by atoms with E-state index in [4.69, 9.17) is 5.73 Å². The van der Waals surface area contributed by atoms with Gasteiger partial charge in [-0.05, 0) is 42.4 Å². The largest absolute Gasteiger partial charge is 0.370 e. The van der Waals surface area contributed by atoms with Crippen molar-refractivity contribution < 1.29 is 5.11 Å². The predicted molar refractivity (Wildman–Crippen MR) is 59.0 cm³/mol. The van der Waals surface area contributed by atoms with Crippen molar-refractivity contribution in [1.82, 2.24) is 5.32 Å². The molecule has 1 heterocycles. The van der Waals surface area contributed by atoms with E-state index in [0.29, 0.717) is 6.54 Å². The maximum Gasteiger partial charge on any atom is 0.148 e. The smallest absolute Gasteiger partial charge is 0.148 e. The van der Waals surface area contributed by atoms with Crippen molar-refractivity contribution in [2.75, 3.05) is 6.54 Å². The van der Waals surface area contributed by atoms with Crippen molar-refractivity contribution in [3.63, 3.8) is 0 Å². The van der Waals surface area contributed by atoms with Gasteiger partial charge < -0.3 is 16.2 Å². The van der Waals surface area contributed by atoms with Gasteiger partial charge in [0, 0.05) is 12.7 Å². The average molecular weight is 217 g/mol. The zero-order chi connectivity index (χ0) is 9.26. The van der Waals surface area contributed by atoms with Crippen LogP contribution in [-0.4, -0.2) is 17.9 Å². The molecule has 1 aliphatic heterocycles. The molecular weight excluding hydrogens is 200 g/mol. The third-order valence-corrected chi connectivity index (χ3v) is 2.86. The first-order chi connectivity index (χ1) is 6.33. The molecule has 2 rings (SSSR count). The lowest BCUT2D eigenvalue weighted by atomic mass is 9.85. The fraction of sp³-hybridized carbons (Fsp3) is 0.600. The van der Waals surface area contributed by atoms with E-state index < -0.39 is 6.23 Å². The van der Waals surface area contributed by atoms with Crippen LogP contribution in [0.25, 0.3) is 0 Å². The van der Waals surface area contributed by atoms with Gasteiger partial charge in [0.15, 0.2) is 0 Å². The van der Waals surface area contributed by atoms with Crippen LogP contribution in [0, 0.1) is 0 Å². The summed E-state index contributed by atoms with van der Waals surface area (Å²) >= 11 is 0. The molecule has 80 valence electrons. The van der Waals surface area contributed by atoms with Crippen molar-refractivity contribution in [1.29, 1.82) is 0 Å². The summed E-state index contributed by atoms with van der Waals surface area (Å²) in [6.07, 6.45) is 6.07. The molecule has 1 atom stereocenters. The summed E-state index contributed by atoms with van der Waals surface area (Å²) in [6, 6.07) is 0. The number of halogens is 1. The highest BCUT2D eigenvalue weighted by atomic mass is 35.5. The summed E-state index contributed by atoms with van der Waals surface area (Å²) in [6.45, 7) is 0.459. The Labute approximate surface area is 90.5 Å². The minimum absolute atomic E-state index is 0. The molecule has 0 saturated heterocycles. The molecular formula is C10H17ClN2O. The van der Waals surface area contributed by atoms with Crippen molar-refractivity contribution in [2.45, 2.75) is 31.9 Å². The Kier molecular flexibility index (Phi) is 3.98. The fourth-order valence-electron chi connectivity index (χ4n) is 2.13. The van der Waals surface area contributed by atoms with Crippen LogP contribution in [0.15, 0.2) is 22.9 Å². The van der Waals surface area contributed by atoms with Gasteiger partial charge in [-0.25, -0.2) is 0 Å². The number of aliphatic hydroxyl groups is 1. The van der Waals surface area contributed by atoms with Gasteiger partial charge in [-0.3, -0.25) is 0 Å². The Balaban J connectivity index is 0.000000980. The molecule has 0 bridgehead atoms. The van der Waals surface area contributed by atoms with E-state index in [0.717, 1.165) is 18.4 Å². The average Bonchev–Trinajstić information content (AvgIpc) is 2.18. The molecule has 2 aliphatic rings. The number of rotatable bonds is 1. The van der Waals surface area contributed by atoms with Gasteiger partial charge in [0.25, 0.3) is 0 Å². The van der Waals surface area contributed by atoms with Crippen LogP contribution in [0.4, 0.5) is 0 Å². The Morgan fingerprint density at radius 2 is 2.14 bits per heavy atom. The van der Waals surface area contributed by atoms with Crippen molar-refractivity contribution >= 4 is 12.4 Å². The minimum Gasteiger partial charge on any atom is -0.370 e. The molecule has 0 aromatic rings. The first-order valence-electron chi connectivity index (χ1n) is 4.88. The van der Waals surface area contributed by atoms with E-state index in [2.05, 4.69) is 5.32 Å². The second-order valence-corrected chi connectivity index (χ2v) is 3.65. The van der Waals surface area contributed by atoms with Crippen LogP contribution in [0.5, 0.6) is 0 Å². The van der Waals surface area contributed by atoms with Crippen molar-refractivity contribution in [3.8, 4) is 0 Å². The summed E-state index contributed by atoms with van der Waals surface area (Å²) in [5, 5.41) is 12.6. The Hall–Kier alpha value is -0.510. The zero-order valence-corrected chi connectivity index (χ0v) is 8.94. The fourth-order valence-corrected chi connectivity index (χ4v) is 2.13. The molecule has 0 aromatic carbocycles. The van der Waals surface area contributed by atoms with E-state index in [9.17, 15) is 5.11 Å². The Bertz CT molecular complexity index is 273. The highest BCUT2D eigenvalue weighted by molar-refractivity contribution is 5.85. The lowest BCUT2D eigenvalue weighted by Crippen LogP contribution is -2.35. The number of aliphatic hydroxyl groups excluding tert-OH is 1. The van der Waals surface area contributed by atoms with E-state index in [-0.39, 0.29) is 12.4 Å². The van der Waals surface area contributed by atoms with Gasteiger partial charge in [-0.1, -0.05) is 0 Å². The number of hydrogen-bond donors (Lipinski definition) is 3. The van der Waals surface area contributed by atoms with Gasteiger partial charge >= 0.3 is 0 Å². The molecule has 0 radical (unpaired) electrons. The first-order valence-corrected chi connectivity index (χ1v) is 4.88. The number of nitrogens with one attached hydrogen (secondary N) is 1. The quantitative estimate of drug-likeness (QED) is 0.614. The van der Waals surface area contributed by atoms with Gasteiger partial charge in [-0.2, -0.15) is 0 Å². The van der Waals surface area contributed by atoms with E-state index in [1.807, 2.05) is 6.20 Å². The molecule has 0 aromatic heterocycles. The summed E-state index contributed by atoms with van der Waals surface area (Å²) in [4.78, 5) is 0. The maximum absolute atomic E-state index is 9.61. The number of nitrogens with two attached hydrogens (primary N) is 1. The SMILES string of the molecule is Cl.NCC1=C2CCCCC2=CNC1O. The van der Waals surface area contributed by atoms with E-state index in [1.54, 1.807) is 0 Å². The van der Waals surface area contributed by atoms with Crippen molar-refractivity contribution in [3.05, 3.63) is 22.9 Å². The van der Waals surface area contributed by atoms with Gasteiger partial charge in [0.05, 0.1) is 0 Å². The molecule has 0 amide bonds. The lowest BCUT2D eigenvalue weighted by Gasteiger charge is -2.29. The molecule has 4 heteroatoms. The molecule has 0 spiro atoms. The second kappa shape index (κ2) is 4.82. The maximum atomic E-state index is 9.61. The molecule has 1 aliphatic carbocycles. The molecule has 1 unspecified atom stereocenters. The van der Waals surface area contributed by atoms with Gasteiger partial charge in [0.1, 0.15) is 6.23 Å². The van der Waals surface area contributed by atoms with Crippen molar-refractivity contribution in [2.24, 2.45) is 5.73 Å². The molecule has 14 heavy (non-hydrogen) atoms. The van der Waals surface area contributed by atoms with E-state index >= 15 is 0 Å². The third kappa shape index (κ3) is 1.95. The number of hydrogen-bond acceptors (Lipinski definition) is 3. The predicted octanol–water partition coefficient (Wildman–Crippen LogP) is 1.04. The Morgan fingerprint density at radius 1 is 1.43 bits per heavy atom. The molecule has 1 fully saturated rings. The summed E-state index contributed by atoms with van der Waals surface area (Å²) in [7, 11) is 0. The summed E-state index contributed by atoms with van der Waals surface area (Å²) in [5.74, 6) is 0. The summed E-state index contributed by atoms with van der Waals surface area (Å²) in [5.41, 5.74) is 9.25. The van der Waals surface area contributed by atoms with Crippen LogP contribution in [0.1, 0.15) is 25.7 Å².